The number of para-hydroxylation sites is 1. The first-order chi connectivity index (χ1) is 13.5. The van der Waals surface area contributed by atoms with Gasteiger partial charge in [0.25, 0.3) is 0 Å². The average Bonchev–Trinajstić information content (AvgIpc) is 2.94. The first-order valence-electron chi connectivity index (χ1n) is 9.91. The van der Waals surface area contributed by atoms with Crippen LogP contribution in [0.2, 0.25) is 0 Å². The Morgan fingerprint density at radius 1 is 1.14 bits per heavy atom. The van der Waals surface area contributed by atoms with Gasteiger partial charge in [-0.15, -0.1) is 0 Å². The van der Waals surface area contributed by atoms with E-state index in [1.165, 1.54) is 5.56 Å². The quantitative estimate of drug-likeness (QED) is 0.793. The molecule has 1 N–H and O–H groups in total. The van der Waals surface area contributed by atoms with Crippen LogP contribution in [-0.4, -0.2) is 65.6 Å². The first kappa shape index (κ1) is 20.3. The third-order valence-electron chi connectivity index (χ3n) is 5.50. The largest absolute Gasteiger partial charge is 0.480 e. The van der Waals surface area contributed by atoms with Crippen molar-refractivity contribution in [3.05, 3.63) is 54.2 Å². The number of carboxylic acids is 1. The lowest BCUT2D eigenvalue weighted by molar-refractivity contribution is -0.138. The molecule has 2 aromatic rings. The Morgan fingerprint density at radius 3 is 2.61 bits per heavy atom. The van der Waals surface area contributed by atoms with Gasteiger partial charge in [-0.3, -0.25) is 14.6 Å². The number of carboxylic acid groups (broad SMARTS) is 1. The standard InChI is InChI=1S/C22H30N4O2/c1-24(17-22(27)28)19-9-6-13-26(14-12-19)16-18-10-11-21(23-15-18)25(2)20-7-4-3-5-8-20/h3-5,7-8,10-11,15,19H,6,9,12-14,16-17H2,1-2H3,(H,27,28). The summed E-state index contributed by atoms with van der Waals surface area (Å²) in [5.41, 5.74) is 2.33. The molecule has 1 atom stereocenters. The lowest BCUT2D eigenvalue weighted by atomic mass is 10.1. The van der Waals surface area contributed by atoms with Crippen LogP contribution in [0.5, 0.6) is 0 Å². The number of rotatable bonds is 7. The SMILES string of the molecule is CN(c1ccccc1)c1ccc(CN2CCCC(N(C)CC(=O)O)CC2)cn1. The fourth-order valence-electron chi connectivity index (χ4n) is 3.83. The summed E-state index contributed by atoms with van der Waals surface area (Å²) in [7, 11) is 3.94. The van der Waals surface area contributed by atoms with Crippen LogP contribution in [0.25, 0.3) is 0 Å². The van der Waals surface area contributed by atoms with Crippen LogP contribution in [0.15, 0.2) is 48.7 Å². The first-order valence-corrected chi connectivity index (χ1v) is 9.91. The highest BCUT2D eigenvalue weighted by molar-refractivity contribution is 5.69. The van der Waals surface area contributed by atoms with Gasteiger partial charge in [-0.1, -0.05) is 24.3 Å². The molecule has 6 heteroatoms. The normalized spacial score (nSPS) is 18.0. The van der Waals surface area contributed by atoms with Gasteiger partial charge in [-0.2, -0.15) is 0 Å². The maximum Gasteiger partial charge on any atom is 0.317 e. The highest BCUT2D eigenvalue weighted by Gasteiger charge is 2.21. The van der Waals surface area contributed by atoms with E-state index in [-0.39, 0.29) is 6.54 Å². The van der Waals surface area contributed by atoms with Gasteiger partial charge in [-0.25, -0.2) is 4.98 Å². The highest BCUT2D eigenvalue weighted by Crippen LogP contribution is 2.22. The summed E-state index contributed by atoms with van der Waals surface area (Å²) in [6.45, 7) is 3.03. The van der Waals surface area contributed by atoms with Crippen molar-refractivity contribution in [2.75, 3.05) is 38.6 Å². The van der Waals surface area contributed by atoms with Crippen molar-refractivity contribution in [1.29, 1.82) is 0 Å². The number of nitrogens with zero attached hydrogens (tertiary/aromatic N) is 4. The van der Waals surface area contributed by atoms with Crippen LogP contribution in [0.1, 0.15) is 24.8 Å². The number of hydrogen-bond donors (Lipinski definition) is 1. The minimum atomic E-state index is -0.754. The molecule has 1 saturated heterocycles. The van der Waals surface area contributed by atoms with Gasteiger partial charge in [0.2, 0.25) is 0 Å². The van der Waals surface area contributed by atoms with E-state index in [1.54, 1.807) is 0 Å². The number of pyridine rings is 1. The summed E-state index contributed by atoms with van der Waals surface area (Å²) in [4.78, 5) is 22.1. The molecule has 0 radical (unpaired) electrons. The van der Waals surface area contributed by atoms with Gasteiger partial charge in [0.15, 0.2) is 0 Å². The number of aromatic nitrogens is 1. The lowest BCUT2D eigenvalue weighted by Crippen LogP contribution is -2.36. The fourth-order valence-corrected chi connectivity index (χ4v) is 3.83. The highest BCUT2D eigenvalue weighted by atomic mass is 16.4. The molecule has 1 fully saturated rings. The number of hydrogen-bond acceptors (Lipinski definition) is 5. The number of likely N-dealkylation sites (tertiary alicyclic amines) is 1. The van der Waals surface area contributed by atoms with Crippen molar-refractivity contribution in [3.63, 3.8) is 0 Å². The predicted molar refractivity (Wildman–Crippen MR) is 112 cm³/mol. The van der Waals surface area contributed by atoms with Crippen molar-refractivity contribution in [3.8, 4) is 0 Å². The van der Waals surface area contributed by atoms with E-state index >= 15 is 0 Å². The molecule has 0 saturated carbocycles. The molecule has 0 aliphatic carbocycles. The molecule has 1 aliphatic rings. The topological polar surface area (TPSA) is 59.9 Å². The second-order valence-corrected chi connectivity index (χ2v) is 7.59. The van der Waals surface area contributed by atoms with Crippen LogP contribution >= 0.6 is 0 Å². The summed E-state index contributed by atoms with van der Waals surface area (Å²) in [6.07, 6.45) is 5.12. The molecule has 1 unspecified atom stereocenters. The van der Waals surface area contributed by atoms with E-state index in [4.69, 9.17) is 5.11 Å². The maximum absolute atomic E-state index is 10.9. The summed E-state index contributed by atoms with van der Waals surface area (Å²) >= 11 is 0. The van der Waals surface area contributed by atoms with E-state index in [9.17, 15) is 4.79 Å². The molecule has 150 valence electrons. The van der Waals surface area contributed by atoms with Gasteiger partial charge in [0, 0.05) is 31.5 Å². The Kier molecular flexibility index (Phi) is 7.01. The van der Waals surface area contributed by atoms with Crippen molar-refractivity contribution in [1.82, 2.24) is 14.8 Å². The number of carbonyl (C=O) groups is 1. The molecule has 1 aromatic heterocycles. The van der Waals surface area contributed by atoms with Crippen LogP contribution < -0.4 is 4.90 Å². The van der Waals surface area contributed by atoms with E-state index in [0.717, 1.165) is 50.4 Å². The molecule has 6 nitrogen and oxygen atoms in total. The molecule has 0 spiro atoms. The van der Waals surface area contributed by atoms with Gasteiger partial charge >= 0.3 is 5.97 Å². The second kappa shape index (κ2) is 9.66. The molecule has 1 aromatic carbocycles. The maximum atomic E-state index is 10.9. The Morgan fingerprint density at radius 2 is 1.93 bits per heavy atom. The molecule has 1 aliphatic heterocycles. The molecule has 3 rings (SSSR count). The minimum Gasteiger partial charge on any atom is -0.480 e. The van der Waals surface area contributed by atoms with Crippen molar-refractivity contribution in [2.24, 2.45) is 0 Å². The van der Waals surface area contributed by atoms with Gasteiger partial charge in [-0.05, 0) is 63.2 Å². The Hall–Kier alpha value is -2.44. The smallest absolute Gasteiger partial charge is 0.317 e. The fraction of sp³-hybridized carbons (Fsp3) is 0.455. The summed E-state index contributed by atoms with van der Waals surface area (Å²) in [5.74, 6) is 0.177. The van der Waals surface area contributed by atoms with Gasteiger partial charge in [0.1, 0.15) is 5.82 Å². The third kappa shape index (κ3) is 5.53. The van der Waals surface area contributed by atoms with Crippen molar-refractivity contribution < 1.29 is 9.90 Å². The second-order valence-electron chi connectivity index (χ2n) is 7.59. The van der Waals surface area contributed by atoms with Crippen molar-refractivity contribution >= 4 is 17.5 Å². The van der Waals surface area contributed by atoms with E-state index in [0.29, 0.717) is 6.04 Å². The van der Waals surface area contributed by atoms with E-state index in [2.05, 4.69) is 39.0 Å². The van der Waals surface area contributed by atoms with Gasteiger partial charge < -0.3 is 10.0 Å². The number of anilines is 2. The lowest BCUT2D eigenvalue weighted by Gasteiger charge is -2.25. The zero-order valence-corrected chi connectivity index (χ0v) is 16.8. The molecular formula is C22H30N4O2. The van der Waals surface area contributed by atoms with Crippen molar-refractivity contribution in [2.45, 2.75) is 31.8 Å². The zero-order chi connectivity index (χ0) is 19.9. The summed E-state index contributed by atoms with van der Waals surface area (Å²) < 4.78 is 0. The van der Waals surface area contributed by atoms with Crippen LogP contribution in [-0.2, 0) is 11.3 Å². The Labute approximate surface area is 167 Å². The number of benzene rings is 1. The van der Waals surface area contributed by atoms with Gasteiger partial charge in [0.05, 0.1) is 6.54 Å². The molecule has 0 amide bonds. The van der Waals surface area contributed by atoms with Crippen LogP contribution in [0.3, 0.4) is 0 Å². The van der Waals surface area contributed by atoms with E-state index in [1.807, 2.05) is 43.4 Å². The molecule has 2 heterocycles. The molecule has 0 bridgehead atoms. The Bertz CT molecular complexity index is 751. The summed E-state index contributed by atoms with van der Waals surface area (Å²) in [6, 6.07) is 14.8. The van der Waals surface area contributed by atoms with Crippen LogP contribution in [0.4, 0.5) is 11.5 Å². The molecular weight excluding hydrogens is 352 g/mol. The third-order valence-corrected chi connectivity index (χ3v) is 5.50. The molecule has 28 heavy (non-hydrogen) atoms. The predicted octanol–water partition coefficient (Wildman–Crippen LogP) is 3.22. The monoisotopic (exact) mass is 382 g/mol. The van der Waals surface area contributed by atoms with E-state index < -0.39 is 5.97 Å². The number of likely N-dealkylation sites (N-methyl/N-ethyl adjacent to an activating group) is 1. The average molecular weight is 383 g/mol. The zero-order valence-electron chi connectivity index (χ0n) is 16.8. The number of aliphatic carboxylic acids is 1. The minimum absolute atomic E-state index is 0.116. The summed E-state index contributed by atoms with van der Waals surface area (Å²) in [5, 5.41) is 9.00. The van der Waals surface area contributed by atoms with Crippen LogP contribution in [0, 0.1) is 0 Å². The Balaban J connectivity index is 1.55.